The first-order valence-electron chi connectivity index (χ1n) is 7.97. The maximum Gasteiger partial charge on any atom is 0.194 e. The monoisotopic (exact) mass is 305 g/mol. The zero-order chi connectivity index (χ0) is 16.8. The quantitative estimate of drug-likeness (QED) is 0.527. The first-order chi connectivity index (χ1) is 11.0. The van der Waals surface area contributed by atoms with Crippen molar-refractivity contribution in [2.45, 2.75) is 33.6 Å². The molecule has 0 N–H and O–H groups in total. The lowest BCUT2D eigenvalue weighted by Crippen LogP contribution is -2.04. The number of benzene rings is 1. The van der Waals surface area contributed by atoms with Crippen molar-refractivity contribution in [2.75, 3.05) is 0 Å². The Balaban J connectivity index is 2.18. The van der Waals surface area contributed by atoms with Crippen LogP contribution in [-0.2, 0) is 0 Å². The summed E-state index contributed by atoms with van der Waals surface area (Å²) in [6.45, 7) is 10.0. The molecule has 2 aromatic rings. The van der Waals surface area contributed by atoms with Crippen molar-refractivity contribution in [2.24, 2.45) is 0 Å². The standard InChI is InChI=1S/C21H23NO/c1-5-6-7-8-18-9-11-19(12-10-18)21(23)17(4)20-14-15(2)13-16(3)22-20/h7-14H,4-6H2,1-3H3. The summed E-state index contributed by atoms with van der Waals surface area (Å²) in [6.07, 6.45) is 6.43. The third-order valence-electron chi connectivity index (χ3n) is 3.62. The number of rotatable bonds is 6. The summed E-state index contributed by atoms with van der Waals surface area (Å²) in [4.78, 5) is 17.0. The molecular formula is C21H23NO. The van der Waals surface area contributed by atoms with Crippen molar-refractivity contribution in [1.82, 2.24) is 4.98 Å². The van der Waals surface area contributed by atoms with Gasteiger partial charge >= 0.3 is 0 Å². The van der Waals surface area contributed by atoms with Crippen molar-refractivity contribution in [1.29, 1.82) is 0 Å². The molecule has 0 amide bonds. The average Bonchev–Trinajstić information content (AvgIpc) is 2.53. The highest BCUT2D eigenvalue weighted by atomic mass is 16.1. The van der Waals surface area contributed by atoms with Crippen LogP contribution in [0, 0.1) is 13.8 Å². The molecule has 0 saturated heterocycles. The number of hydrogen-bond acceptors (Lipinski definition) is 2. The van der Waals surface area contributed by atoms with Crippen LogP contribution in [0.1, 0.15) is 52.6 Å². The lowest BCUT2D eigenvalue weighted by atomic mass is 9.99. The van der Waals surface area contributed by atoms with E-state index in [-0.39, 0.29) is 5.78 Å². The second-order valence-corrected chi connectivity index (χ2v) is 5.79. The molecule has 2 rings (SSSR count). The van der Waals surface area contributed by atoms with Gasteiger partial charge in [-0.2, -0.15) is 0 Å². The highest BCUT2D eigenvalue weighted by molar-refractivity contribution is 6.27. The van der Waals surface area contributed by atoms with E-state index in [9.17, 15) is 4.79 Å². The van der Waals surface area contributed by atoms with E-state index >= 15 is 0 Å². The second-order valence-electron chi connectivity index (χ2n) is 5.79. The number of aromatic nitrogens is 1. The zero-order valence-corrected chi connectivity index (χ0v) is 14.1. The molecule has 0 fully saturated rings. The first-order valence-corrected chi connectivity index (χ1v) is 7.97. The number of aryl methyl sites for hydroxylation is 2. The fraction of sp³-hybridized carbons (Fsp3) is 0.238. The predicted octanol–water partition coefficient (Wildman–Crippen LogP) is 5.41. The van der Waals surface area contributed by atoms with E-state index in [1.165, 1.54) is 0 Å². The van der Waals surface area contributed by atoms with Gasteiger partial charge in [0.05, 0.1) is 5.69 Å². The number of carbonyl (C=O) groups is 1. The number of ketones is 1. The minimum Gasteiger partial charge on any atom is -0.289 e. The maximum absolute atomic E-state index is 12.6. The normalized spacial score (nSPS) is 10.9. The lowest BCUT2D eigenvalue weighted by molar-refractivity contribution is 0.105. The van der Waals surface area contributed by atoms with Crippen molar-refractivity contribution < 1.29 is 4.79 Å². The molecule has 0 atom stereocenters. The van der Waals surface area contributed by atoms with Gasteiger partial charge in [-0.25, -0.2) is 0 Å². The molecule has 0 aliphatic carbocycles. The number of allylic oxidation sites excluding steroid dienone is 2. The van der Waals surface area contributed by atoms with E-state index in [1.807, 2.05) is 50.2 Å². The summed E-state index contributed by atoms with van der Waals surface area (Å²) in [7, 11) is 0. The molecule has 2 heteroatoms. The predicted molar refractivity (Wildman–Crippen MR) is 97.5 cm³/mol. The summed E-state index contributed by atoms with van der Waals surface area (Å²) in [5.41, 5.74) is 4.81. The zero-order valence-electron chi connectivity index (χ0n) is 14.1. The number of pyridine rings is 1. The summed E-state index contributed by atoms with van der Waals surface area (Å²) < 4.78 is 0. The molecule has 2 nitrogen and oxygen atoms in total. The van der Waals surface area contributed by atoms with Gasteiger partial charge in [0.2, 0.25) is 0 Å². The molecule has 0 spiro atoms. The van der Waals surface area contributed by atoms with Gasteiger partial charge in [-0.3, -0.25) is 9.78 Å². The van der Waals surface area contributed by atoms with Crippen molar-refractivity contribution in [3.8, 4) is 0 Å². The Morgan fingerprint density at radius 2 is 1.87 bits per heavy atom. The minimum atomic E-state index is -0.0772. The summed E-state index contributed by atoms with van der Waals surface area (Å²) in [5.74, 6) is -0.0772. The highest BCUT2D eigenvalue weighted by Crippen LogP contribution is 2.19. The lowest BCUT2D eigenvalue weighted by Gasteiger charge is -2.07. The van der Waals surface area contributed by atoms with E-state index in [0.717, 1.165) is 29.7 Å². The van der Waals surface area contributed by atoms with Gasteiger partial charge in [-0.05, 0) is 43.5 Å². The van der Waals surface area contributed by atoms with Crippen LogP contribution in [0.25, 0.3) is 11.6 Å². The number of carbonyl (C=O) groups excluding carboxylic acids is 1. The second kappa shape index (κ2) is 7.68. The molecule has 23 heavy (non-hydrogen) atoms. The average molecular weight is 305 g/mol. The number of Topliss-reactive ketones (excluding diaryl/α,β-unsaturated/α-hetero) is 1. The highest BCUT2D eigenvalue weighted by Gasteiger charge is 2.13. The summed E-state index contributed by atoms with van der Waals surface area (Å²) in [5, 5.41) is 0. The Bertz CT molecular complexity index is 719. The fourth-order valence-corrected chi connectivity index (χ4v) is 2.42. The van der Waals surface area contributed by atoms with Crippen LogP contribution in [0.2, 0.25) is 0 Å². The number of unbranched alkanes of at least 4 members (excludes halogenated alkanes) is 1. The fourth-order valence-electron chi connectivity index (χ4n) is 2.42. The third kappa shape index (κ3) is 4.49. The molecule has 0 aliphatic heterocycles. The summed E-state index contributed by atoms with van der Waals surface area (Å²) >= 11 is 0. The Kier molecular flexibility index (Phi) is 5.64. The van der Waals surface area contributed by atoms with Crippen LogP contribution < -0.4 is 0 Å². The van der Waals surface area contributed by atoms with Gasteiger partial charge < -0.3 is 0 Å². The van der Waals surface area contributed by atoms with Crippen LogP contribution in [0.15, 0.2) is 49.1 Å². The van der Waals surface area contributed by atoms with Crippen LogP contribution in [0.5, 0.6) is 0 Å². The van der Waals surface area contributed by atoms with Gasteiger partial charge in [0.1, 0.15) is 0 Å². The topological polar surface area (TPSA) is 30.0 Å². The first kappa shape index (κ1) is 16.9. The molecule has 1 aromatic carbocycles. The van der Waals surface area contributed by atoms with Crippen LogP contribution in [0.4, 0.5) is 0 Å². The molecule has 118 valence electrons. The van der Waals surface area contributed by atoms with Crippen molar-refractivity contribution in [3.05, 3.63) is 77.1 Å². The Labute approximate surface area is 138 Å². The largest absolute Gasteiger partial charge is 0.289 e. The van der Waals surface area contributed by atoms with E-state index in [1.54, 1.807) is 0 Å². The molecule has 1 heterocycles. The SMILES string of the molecule is C=C(C(=O)c1ccc(C=CCCC)cc1)c1cc(C)cc(C)n1. The van der Waals surface area contributed by atoms with Crippen LogP contribution in [0.3, 0.4) is 0 Å². The van der Waals surface area contributed by atoms with Gasteiger partial charge in [0.25, 0.3) is 0 Å². The number of nitrogens with zero attached hydrogens (tertiary/aromatic N) is 1. The van der Waals surface area contributed by atoms with Gasteiger partial charge in [-0.15, -0.1) is 0 Å². The van der Waals surface area contributed by atoms with E-state index in [4.69, 9.17) is 0 Å². The molecule has 0 bridgehead atoms. The molecule has 0 saturated carbocycles. The Morgan fingerprint density at radius 3 is 2.48 bits per heavy atom. The van der Waals surface area contributed by atoms with E-state index < -0.39 is 0 Å². The molecule has 0 aliphatic rings. The van der Waals surface area contributed by atoms with Gasteiger partial charge in [-0.1, -0.05) is 56.3 Å². The maximum atomic E-state index is 12.6. The molecule has 1 aromatic heterocycles. The Morgan fingerprint density at radius 1 is 1.17 bits per heavy atom. The van der Waals surface area contributed by atoms with Crippen LogP contribution in [-0.4, -0.2) is 10.8 Å². The Hall–Kier alpha value is -2.48. The summed E-state index contributed by atoms with van der Waals surface area (Å²) in [6, 6.07) is 11.5. The minimum absolute atomic E-state index is 0.0772. The molecular weight excluding hydrogens is 282 g/mol. The third-order valence-corrected chi connectivity index (χ3v) is 3.62. The van der Waals surface area contributed by atoms with Crippen molar-refractivity contribution >= 4 is 17.4 Å². The van der Waals surface area contributed by atoms with Gasteiger partial charge in [0.15, 0.2) is 5.78 Å². The van der Waals surface area contributed by atoms with Crippen LogP contribution >= 0.6 is 0 Å². The smallest absolute Gasteiger partial charge is 0.194 e. The van der Waals surface area contributed by atoms with Gasteiger partial charge in [0, 0.05) is 16.8 Å². The molecule has 0 unspecified atom stereocenters. The number of hydrogen-bond donors (Lipinski definition) is 0. The van der Waals surface area contributed by atoms with E-state index in [0.29, 0.717) is 16.8 Å². The van der Waals surface area contributed by atoms with E-state index in [2.05, 4.69) is 30.6 Å². The molecule has 0 radical (unpaired) electrons. The van der Waals surface area contributed by atoms with Crippen molar-refractivity contribution in [3.63, 3.8) is 0 Å².